The number of carbonyl (C=O) groups excluding carboxylic acids is 1. The first-order chi connectivity index (χ1) is 11.6. The minimum atomic E-state index is -0.406. The highest BCUT2D eigenvalue weighted by Crippen LogP contribution is 2.07. The summed E-state index contributed by atoms with van der Waals surface area (Å²) in [6.07, 6.45) is 6.26. The Balaban J connectivity index is 0.00000576. The van der Waals surface area contributed by atoms with Crippen LogP contribution in [0, 0.1) is 0 Å². The van der Waals surface area contributed by atoms with Crippen LogP contribution in [0.2, 0.25) is 0 Å². The van der Waals surface area contributed by atoms with E-state index in [1.54, 1.807) is 12.1 Å². The maximum Gasteiger partial charge on any atom is 0.248 e. The summed E-state index contributed by atoms with van der Waals surface area (Å²) in [6, 6.07) is 7.66. The average Bonchev–Trinajstić information content (AvgIpc) is 2.57. The topological polar surface area (TPSA) is 79.5 Å². The number of rotatable bonds is 10. The molecule has 6 heteroatoms. The van der Waals surface area contributed by atoms with Gasteiger partial charge in [-0.15, -0.1) is 24.0 Å². The maximum atomic E-state index is 11.1. The Bertz CT molecular complexity index is 517. The zero-order valence-electron chi connectivity index (χ0n) is 15.7. The highest BCUT2D eigenvalue weighted by atomic mass is 127. The summed E-state index contributed by atoms with van der Waals surface area (Å²) in [7, 11) is 0. The van der Waals surface area contributed by atoms with Crippen LogP contribution in [-0.4, -0.2) is 24.5 Å². The van der Waals surface area contributed by atoms with Crippen LogP contribution in [0.15, 0.2) is 29.3 Å². The van der Waals surface area contributed by atoms with Crippen molar-refractivity contribution in [1.29, 1.82) is 0 Å². The van der Waals surface area contributed by atoms with Crippen molar-refractivity contribution in [2.45, 2.75) is 65.5 Å². The molecule has 1 aromatic rings. The number of halogens is 1. The Morgan fingerprint density at radius 3 is 2.40 bits per heavy atom. The normalized spacial score (nSPS) is 12.2. The molecule has 0 aliphatic carbocycles. The van der Waals surface area contributed by atoms with E-state index in [4.69, 9.17) is 5.73 Å². The van der Waals surface area contributed by atoms with Gasteiger partial charge in [0.15, 0.2) is 5.96 Å². The van der Waals surface area contributed by atoms with Crippen LogP contribution in [0.4, 0.5) is 0 Å². The van der Waals surface area contributed by atoms with Crippen LogP contribution in [0.5, 0.6) is 0 Å². The molecular weight excluding hydrogens is 427 g/mol. The van der Waals surface area contributed by atoms with Crippen LogP contribution in [0.3, 0.4) is 0 Å². The third-order valence-electron chi connectivity index (χ3n) is 3.88. The highest BCUT2D eigenvalue weighted by molar-refractivity contribution is 14.0. The molecule has 0 spiro atoms. The smallest absolute Gasteiger partial charge is 0.248 e. The molecule has 0 fully saturated rings. The molecular formula is C19H33IN4O. The summed E-state index contributed by atoms with van der Waals surface area (Å²) in [4.78, 5) is 15.7. The maximum absolute atomic E-state index is 11.1. The predicted octanol–water partition coefficient (Wildman–Crippen LogP) is 3.82. The Morgan fingerprint density at radius 2 is 1.84 bits per heavy atom. The number of hydrogen-bond acceptors (Lipinski definition) is 2. The van der Waals surface area contributed by atoms with Gasteiger partial charge in [0.25, 0.3) is 0 Å². The number of unbranched alkanes of at least 4 members (excludes halogenated alkanes) is 3. The predicted molar refractivity (Wildman–Crippen MR) is 117 cm³/mol. The van der Waals surface area contributed by atoms with E-state index in [0.717, 1.165) is 24.5 Å². The van der Waals surface area contributed by atoms with Gasteiger partial charge >= 0.3 is 0 Å². The Kier molecular flexibility index (Phi) is 13.2. The number of hydrogen-bond donors (Lipinski definition) is 3. The SMILES string of the molecule is CCCCCCC(C)NC(=NCc1ccc(C(N)=O)cc1)NCC.I. The van der Waals surface area contributed by atoms with Gasteiger partial charge in [0.2, 0.25) is 5.91 Å². The molecule has 0 aromatic heterocycles. The minimum Gasteiger partial charge on any atom is -0.366 e. The zero-order valence-corrected chi connectivity index (χ0v) is 18.0. The number of carbonyl (C=O) groups is 1. The van der Waals surface area contributed by atoms with Gasteiger partial charge in [0, 0.05) is 18.2 Å². The summed E-state index contributed by atoms with van der Waals surface area (Å²) in [6.45, 7) is 7.88. The number of aliphatic imine (C=N–C) groups is 1. The first-order valence-electron chi connectivity index (χ1n) is 9.00. The van der Waals surface area contributed by atoms with Crippen LogP contribution < -0.4 is 16.4 Å². The van der Waals surface area contributed by atoms with E-state index >= 15 is 0 Å². The number of nitrogens with one attached hydrogen (secondary N) is 2. The van der Waals surface area contributed by atoms with Crippen LogP contribution in [0.1, 0.15) is 68.8 Å². The molecule has 0 saturated carbocycles. The fraction of sp³-hybridized carbons (Fsp3) is 0.579. The summed E-state index contributed by atoms with van der Waals surface area (Å²) < 4.78 is 0. The molecule has 0 aliphatic rings. The Morgan fingerprint density at radius 1 is 1.16 bits per heavy atom. The van der Waals surface area contributed by atoms with E-state index in [2.05, 4.69) is 36.4 Å². The molecule has 1 rings (SSSR count). The summed E-state index contributed by atoms with van der Waals surface area (Å²) in [5.74, 6) is 0.427. The lowest BCUT2D eigenvalue weighted by Gasteiger charge is -2.17. The Hall–Kier alpha value is -1.31. The summed E-state index contributed by atoms with van der Waals surface area (Å²) in [5, 5.41) is 6.74. The van der Waals surface area contributed by atoms with Crippen molar-refractivity contribution < 1.29 is 4.79 Å². The molecule has 4 N–H and O–H groups in total. The quantitative estimate of drug-likeness (QED) is 0.215. The second kappa shape index (κ2) is 13.9. The number of nitrogens with two attached hydrogens (primary N) is 1. The third kappa shape index (κ3) is 10.3. The first-order valence-corrected chi connectivity index (χ1v) is 9.00. The number of benzene rings is 1. The monoisotopic (exact) mass is 460 g/mol. The Labute approximate surface area is 169 Å². The molecule has 1 amide bonds. The van der Waals surface area contributed by atoms with Crippen LogP contribution in [0.25, 0.3) is 0 Å². The number of amides is 1. The molecule has 1 aromatic carbocycles. The molecule has 1 unspecified atom stereocenters. The van der Waals surface area contributed by atoms with E-state index in [0.29, 0.717) is 18.2 Å². The van der Waals surface area contributed by atoms with Crippen LogP contribution in [-0.2, 0) is 6.54 Å². The van der Waals surface area contributed by atoms with Gasteiger partial charge in [0.05, 0.1) is 6.54 Å². The van der Waals surface area contributed by atoms with Gasteiger partial charge in [-0.05, 0) is 38.0 Å². The molecule has 0 aliphatic heterocycles. The van der Waals surface area contributed by atoms with Crippen LogP contribution >= 0.6 is 24.0 Å². The number of nitrogens with zero attached hydrogens (tertiary/aromatic N) is 1. The van der Waals surface area contributed by atoms with Crippen molar-refractivity contribution in [3.05, 3.63) is 35.4 Å². The average molecular weight is 460 g/mol. The van der Waals surface area contributed by atoms with E-state index in [9.17, 15) is 4.79 Å². The summed E-state index contributed by atoms with van der Waals surface area (Å²) >= 11 is 0. The fourth-order valence-electron chi connectivity index (χ4n) is 2.45. The second-order valence-corrected chi connectivity index (χ2v) is 6.15. The van der Waals surface area contributed by atoms with Crippen molar-refractivity contribution >= 4 is 35.8 Å². The molecule has 142 valence electrons. The van der Waals surface area contributed by atoms with Crippen molar-refractivity contribution in [2.24, 2.45) is 10.7 Å². The zero-order chi connectivity index (χ0) is 17.8. The van der Waals surface area contributed by atoms with E-state index in [-0.39, 0.29) is 24.0 Å². The standard InChI is InChI=1S/C19H32N4O.HI/c1-4-6-7-8-9-15(3)23-19(21-5-2)22-14-16-10-12-17(13-11-16)18(20)24;/h10-13,15H,4-9,14H2,1-3H3,(H2,20,24)(H2,21,22,23);1H. The molecule has 25 heavy (non-hydrogen) atoms. The van der Waals surface area contributed by atoms with Crippen molar-refractivity contribution in [3.63, 3.8) is 0 Å². The lowest BCUT2D eigenvalue weighted by molar-refractivity contribution is 0.100. The summed E-state index contributed by atoms with van der Waals surface area (Å²) in [5.41, 5.74) is 6.82. The molecule has 1 atom stereocenters. The first kappa shape index (κ1) is 23.7. The molecule has 0 radical (unpaired) electrons. The molecule has 0 saturated heterocycles. The van der Waals surface area contributed by atoms with Gasteiger partial charge in [-0.3, -0.25) is 4.79 Å². The third-order valence-corrected chi connectivity index (χ3v) is 3.88. The number of primary amides is 1. The van der Waals surface area contributed by atoms with Gasteiger partial charge in [-0.1, -0.05) is 44.7 Å². The van der Waals surface area contributed by atoms with E-state index in [1.165, 1.54) is 25.7 Å². The fourth-order valence-corrected chi connectivity index (χ4v) is 2.45. The molecule has 0 bridgehead atoms. The lowest BCUT2D eigenvalue weighted by Crippen LogP contribution is -2.42. The second-order valence-electron chi connectivity index (χ2n) is 6.15. The van der Waals surface area contributed by atoms with Crippen molar-refractivity contribution in [1.82, 2.24) is 10.6 Å². The van der Waals surface area contributed by atoms with E-state index in [1.807, 2.05) is 12.1 Å². The lowest BCUT2D eigenvalue weighted by atomic mass is 10.1. The largest absolute Gasteiger partial charge is 0.366 e. The minimum absolute atomic E-state index is 0. The van der Waals surface area contributed by atoms with Gasteiger partial charge < -0.3 is 16.4 Å². The highest BCUT2D eigenvalue weighted by Gasteiger charge is 2.05. The van der Waals surface area contributed by atoms with E-state index < -0.39 is 5.91 Å². The van der Waals surface area contributed by atoms with Gasteiger partial charge in [0.1, 0.15) is 0 Å². The van der Waals surface area contributed by atoms with Crippen molar-refractivity contribution in [3.8, 4) is 0 Å². The molecule has 0 heterocycles. The van der Waals surface area contributed by atoms with Gasteiger partial charge in [-0.2, -0.15) is 0 Å². The van der Waals surface area contributed by atoms with Gasteiger partial charge in [-0.25, -0.2) is 4.99 Å². The number of guanidine groups is 1. The molecule has 5 nitrogen and oxygen atoms in total. The van der Waals surface area contributed by atoms with Crippen molar-refractivity contribution in [2.75, 3.05) is 6.54 Å².